The average molecular weight is 375 g/mol. The van der Waals surface area contributed by atoms with E-state index in [0.29, 0.717) is 19.6 Å². The molecule has 1 aliphatic rings. The number of hydrogen-bond acceptors (Lipinski definition) is 3. The third kappa shape index (κ3) is 5.70. The van der Waals surface area contributed by atoms with Crippen LogP contribution in [0.3, 0.4) is 0 Å². The van der Waals surface area contributed by atoms with Crippen LogP contribution in [0.25, 0.3) is 0 Å². The predicted octanol–water partition coefficient (Wildman–Crippen LogP) is 2.31. The first-order valence-corrected chi connectivity index (χ1v) is 9.75. The molecule has 1 aliphatic heterocycles. The molecule has 0 radical (unpaired) electrons. The first-order valence-electron chi connectivity index (χ1n) is 9.75. The molecule has 2 rings (SSSR count). The van der Waals surface area contributed by atoms with E-state index < -0.39 is 6.04 Å². The number of benzene rings is 1. The third-order valence-corrected chi connectivity index (χ3v) is 4.99. The molecule has 0 aromatic heterocycles. The standard InChI is InChI=1S/C21H34N4O2/c1-14(2)18(23-20(27)24-21(3,4)5)19(26)25-12-16(11-22)17(13-25)15-9-7-6-8-10-15/h6-10,14,16-18H,11-13,22H2,1-5H3,(H2,23,24,27)/t16-,17+,18+/m1/s1. The maximum atomic E-state index is 13.2. The van der Waals surface area contributed by atoms with Crippen molar-refractivity contribution in [2.24, 2.45) is 17.6 Å². The van der Waals surface area contributed by atoms with E-state index in [1.54, 1.807) is 0 Å². The van der Waals surface area contributed by atoms with Crippen LogP contribution in [0, 0.1) is 11.8 Å². The van der Waals surface area contributed by atoms with Crippen molar-refractivity contribution in [2.45, 2.75) is 52.1 Å². The third-order valence-electron chi connectivity index (χ3n) is 4.99. The van der Waals surface area contributed by atoms with Gasteiger partial charge in [-0.05, 0) is 44.7 Å². The number of carbonyl (C=O) groups excluding carboxylic acids is 2. The van der Waals surface area contributed by atoms with Gasteiger partial charge in [-0.2, -0.15) is 0 Å². The summed E-state index contributed by atoms with van der Waals surface area (Å²) >= 11 is 0. The topological polar surface area (TPSA) is 87.5 Å². The van der Waals surface area contributed by atoms with Crippen LogP contribution in [0.1, 0.15) is 46.1 Å². The first kappa shape index (κ1) is 21.2. The lowest BCUT2D eigenvalue weighted by molar-refractivity contribution is -0.133. The molecule has 0 unspecified atom stereocenters. The number of carbonyl (C=O) groups is 2. The Morgan fingerprint density at radius 2 is 1.81 bits per heavy atom. The monoisotopic (exact) mass is 374 g/mol. The van der Waals surface area contributed by atoms with Crippen molar-refractivity contribution < 1.29 is 9.59 Å². The number of nitrogens with zero attached hydrogens (tertiary/aromatic N) is 1. The van der Waals surface area contributed by atoms with E-state index >= 15 is 0 Å². The zero-order valence-corrected chi connectivity index (χ0v) is 17.2. The summed E-state index contributed by atoms with van der Waals surface area (Å²) in [6.45, 7) is 11.4. The molecule has 0 bridgehead atoms. The van der Waals surface area contributed by atoms with Crippen LogP contribution < -0.4 is 16.4 Å². The average Bonchev–Trinajstić information content (AvgIpc) is 3.02. The summed E-state index contributed by atoms with van der Waals surface area (Å²) in [4.78, 5) is 27.3. The van der Waals surface area contributed by atoms with Gasteiger partial charge in [0.1, 0.15) is 6.04 Å². The summed E-state index contributed by atoms with van der Waals surface area (Å²) in [7, 11) is 0. The molecule has 3 atom stereocenters. The van der Waals surface area contributed by atoms with Crippen LogP contribution in [0.2, 0.25) is 0 Å². The Kier molecular flexibility index (Phi) is 6.87. The summed E-state index contributed by atoms with van der Waals surface area (Å²) in [5.74, 6) is 0.421. The van der Waals surface area contributed by atoms with Gasteiger partial charge in [0.05, 0.1) is 0 Å². The molecule has 1 heterocycles. The van der Waals surface area contributed by atoms with Gasteiger partial charge in [-0.25, -0.2) is 4.79 Å². The molecular weight excluding hydrogens is 340 g/mol. The highest BCUT2D eigenvalue weighted by molar-refractivity contribution is 5.87. The van der Waals surface area contributed by atoms with Gasteiger partial charge in [-0.15, -0.1) is 0 Å². The Labute approximate surface area is 162 Å². The largest absolute Gasteiger partial charge is 0.340 e. The first-order chi connectivity index (χ1) is 12.6. The van der Waals surface area contributed by atoms with Crippen molar-refractivity contribution in [1.29, 1.82) is 0 Å². The van der Waals surface area contributed by atoms with Gasteiger partial charge in [0.25, 0.3) is 0 Å². The van der Waals surface area contributed by atoms with Crippen molar-refractivity contribution in [3.63, 3.8) is 0 Å². The Morgan fingerprint density at radius 3 is 2.33 bits per heavy atom. The number of urea groups is 1. The molecular formula is C21H34N4O2. The summed E-state index contributed by atoms with van der Waals surface area (Å²) in [6, 6.07) is 9.34. The highest BCUT2D eigenvalue weighted by Gasteiger charge is 2.38. The fourth-order valence-corrected chi connectivity index (χ4v) is 3.60. The molecule has 6 heteroatoms. The molecule has 6 nitrogen and oxygen atoms in total. The molecule has 150 valence electrons. The minimum Gasteiger partial charge on any atom is -0.340 e. The van der Waals surface area contributed by atoms with E-state index in [1.165, 1.54) is 5.56 Å². The number of amides is 3. The van der Waals surface area contributed by atoms with Crippen molar-refractivity contribution in [3.8, 4) is 0 Å². The number of likely N-dealkylation sites (tertiary alicyclic amines) is 1. The van der Waals surface area contributed by atoms with Gasteiger partial charge in [0.15, 0.2) is 0 Å². The number of nitrogens with two attached hydrogens (primary N) is 1. The lowest BCUT2D eigenvalue weighted by Gasteiger charge is -2.29. The fraction of sp³-hybridized carbons (Fsp3) is 0.619. The lowest BCUT2D eigenvalue weighted by Crippen LogP contribution is -2.56. The minimum atomic E-state index is -0.555. The smallest absolute Gasteiger partial charge is 0.315 e. The quantitative estimate of drug-likeness (QED) is 0.739. The molecule has 1 aromatic rings. The normalized spacial score (nSPS) is 21.2. The lowest BCUT2D eigenvalue weighted by atomic mass is 9.89. The fourth-order valence-electron chi connectivity index (χ4n) is 3.60. The van der Waals surface area contributed by atoms with E-state index in [-0.39, 0.29) is 35.2 Å². The summed E-state index contributed by atoms with van der Waals surface area (Å²) in [5, 5.41) is 5.73. The second kappa shape index (κ2) is 8.74. The summed E-state index contributed by atoms with van der Waals surface area (Å²) in [5.41, 5.74) is 6.85. The van der Waals surface area contributed by atoms with Crippen LogP contribution in [-0.2, 0) is 4.79 Å². The molecule has 0 aliphatic carbocycles. The van der Waals surface area contributed by atoms with Crippen LogP contribution in [0.15, 0.2) is 30.3 Å². The Bertz CT molecular complexity index is 639. The minimum absolute atomic E-state index is 0.00433. The van der Waals surface area contributed by atoms with Crippen molar-refractivity contribution in [3.05, 3.63) is 35.9 Å². The van der Waals surface area contributed by atoms with Crippen molar-refractivity contribution in [1.82, 2.24) is 15.5 Å². The summed E-state index contributed by atoms with van der Waals surface area (Å²) < 4.78 is 0. The van der Waals surface area contributed by atoms with Gasteiger partial charge in [0, 0.05) is 24.5 Å². The zero-order chi connectivity index (χ0) is 20.2. The maximum absolute atomic E-state index is 13.2. The second-order valence-corrected chi connectivity index (χ2v) is 8.83. The SMILES string of the molecule is CC(C)[C@H](NC(=O)NC(C)(C)C)C(=O)N1C[C@@H](CN)[C@H](c2ccccc2)C1. The Hall–Kier alpha value is -2.08. The molecule has 27 heavy (non-hydrogen) atoms. The molecule has 0 spiro atoms. The van der Waals surface area contributed by atoms with E-state index in [9.17, 15) is 9.59 Å². The second-order valence-electron chi connectivity index (χ2n) is 8.83. The van der Waals surface area contributed by atoms with Crippen LogP contribution >= 0.6 is 0 Å². The van der Waals surface area contributed by atoms with Gasteiger partial charge in [-0.1, -0.05) is 44.2 Å². The summed E-state index contributed by atoms with van der Waals surface area (Å²) in [6.07, 6.45) is 0. The van der Waals surface area contributed by atoms with Gasteiger partial charge >= 0.3 is 6.03 Å². The van der Waals surface area contributed by atoms with Gasteiger partial charge < -0.3 is 21.3 Å². The molecule has 1 aromatic carbocycles. The highest BCUT2D eigenvalue weighted by atomic mass is 16.2. The van der Waals surface area contributed by atoms with E-state index in [1.807, 2.05) is 57.7 Å². The van der Waals surface area contributed by atoms with Crippen LogP contribution in [0.4, 0.5) is 4.79 Å². The van der Waals surface area contributed by atoms with Crippen LogP contribution in [0.5, 0.6) is 0 Å². The van der Waals surface area contributed by atoms with E-state index in [2.05, 4.69) is 22.8 Å². The molecule has 1 fully saturated rings. The van der Waals surface area contributed by atoms with Gasteiger partial charge in [-0.3, -0.25) is 4.79 Å². The predicted molar refractivity (Wildman–Crippen MR) is 108 cm³/mol. The van der Waals surface area contributed by atoms with Crippen molar-refractivity contribution in [2.75, 3.05) is 19.6 Å². The maximum Gasteiger partial charge on any atom is 0.315 e. The number of hydrogen-bond donors (Lipinski definition) is 3. The molecule has 1 saturated heterocycles. The van der Waals surface area contributed by atoms with Gasteiger partial charge in [0.2, 0.25) is 5.91 Å². The Balaban J connectivity index is 2.10. The highest BCUT2D eigenvalue weighted by Crippen LogP contribution is 2.32. The molecule has 4 N–H and O–H groups in total. The molecule has 3 amide bonds. The van der Waals surface area contributed by atoms with Crippen LogP contribution in [-0.4, -0.2) is 48.1 Å². The number of rotatable bonds is 5. The number of nitrogens with one attached hydrogen (secondary N) is 2. The Morgan fingerprint density at radius 1 is 1.19 bits per heavy atom. The van der Waals surface area contributed by atoms with E-state index in [0.717, 1.165) is 0 Å². The molecule has 0 saturated carbocycles. The van der Waals surface area contributed by atoms with Crippen molar-refractivity contribution >= 4 is 11.9 Å². The zero-order valence-electron chi connectivity index (χ0n) is 17.2. The van der Waals surface area contributed by atoms with E-state index in [4.69, 9.17) is 5.73 Å².